The molecule has 0 radical (unpaired) electrons. The van der Waals surface area contributed by atoms with E-state index in [0.717, 1.165) is 12.3 Å². The standard InChI is InChI=1S/C8H8F3N3O3/c9-8(10,11)7(15)4-13-5-1-2-12-3-6(5)14(16)17/h1-3,7,15H,4H2,(H,12,13). The molecule has 0 saturated heterocycles. The molecule has 0 aliphatic heterocycles. The summed E-state index contributed by atoms with van der Waals surface area (Å²) in [6.07, 6.45) is -5.26. The minimum atomic E-state index is -4.77. The van der Waals surface area contributed by atoms with Crippen LogP contribution in [0.2, 0.25) is 0 Å². The third-order valence-corrected chi connectivity index (χ3v) is 1.86. The molecule has 0 aromatic carbocycles. The van der Waals surface area contributed by atoms with Crippen LogP contribution >= 0.6 is 0 Å². The van der Waals surface area contributed by atoms with Gasteiger partial charge in [0.05, 0.1) is 4.92 Å². The molecule has 2 N–H and O–H groups in total. The summed E-state index contributed by atoms with van der Waals surface area (Å²) in [5, 5.41) is 21.4. The first-order valence-corrected chi connectivity index (χ1v) is 4.39. The number of hydrogen-bond acceptors (Lipinski definition) is 5. The number of nitro groups is 1. The third-order valence-electron chi connectivity index (χ3n) is 1.86. The maximum Gasteiger partial charge on any atom is 0.416 e. The van der Waals surface area contributed by atoms with E-state index in [-0.39, 0.29) is 5.69 Å². The van der Waals surface area contributed by atoms with Crippen LogP contribution in [-0.2, 0) is 0 Å². The van der Waals surface area contributed by atoms with Crippen LogP contribution in [0.15, 0.2) is 18.5 Å². The Balaban J connectivity index is 2.73. The van der Waals surface area contributed by atoms with Crippen molar-refractivity contribution in [3.63, 3.8) is 0 Å². The Morgan fingerprint density at radius 1 is 1.59 bits per heavy atom. The lowest BCUT2D eigenvalue weighted by atomic mass is 10.3. The molecule has 0 aliphatic carbocycles. The van der Waals surface area contributed by atoms with Crippen molar-refractivity contribution in [1.29, 1.82) is 0 Å². The first kappa shape index (κ1) is 13.2. The molecule has 0 fully saturated rings. The Kier molecular flexibility index (Phi) is 3.84. The molecule has 1 atom stereocenters. The van der Waals surface area contributed by atoms with Gasteiger partial charge in [-0.05, 0) is 6.07 Å². The second-order valence-electron chi connectivity index (χ2n) is 3.09. The quantitative estimate of drug-likeness (QED) is 0.622. The number of hydrogen-bond donors (Lipinski definition) is 2. The van der Waals surface area contributed by atoms with Crippen molar-refractivity contribution < 1.29 is 23.2 Å². The third kappa shape index (κ3) is 3.55. The lowest BCUT2D eigenvalue weighted by Crippen LogP contribution is -2.35. The van der Waals surface area contributed by atoms with Gasteiger partial charge in [0.15, 0.2) is 6.10 Å². The Labute approximate surface area is 93.2 Å². The van der Waals surface area contributed by atoms with E-state index in [0.29, 0.717) is 0 Å². The average molecular weight is 251 g/mol. The van der Waals surface area contributed by atoms with Crippen molar-refractivity contribution >= 4 is 11.4 Å². The van der Waals surface area contributed by atoms with Gasteiger partial charge in [-0.1, -0.05) is 0 Å². The molecule has 1 aromatic rings. The first-order valence-electron chi connectivity index (χ1n) is 4.39. The SMILES string of the molecule is O=[N+]([O-])c1cnccc1NCC(O)C(F)(F)F. The highest BCUT2D eigenvalue weighted by molar-refractivity contribution is 5.59. The van der Waals surface area contributed by atoms with Gasteiger partial charge in [0.25, 0.3) is 0 Å². The van der Waals surface area contributed by atoms with E-state index in [1.807, 2.05) is 0 Å². The van der Waals surface area contributed by atoms with Gasteiger partial charge < -0.3 is 10.4 Å². The zero-order chi connectivity index (χ0) is 13.1. The smallest absolute Gasteiger partial charge is 0.382 e. The van der Waals surface area contributed by atoms with Crippen LogP contribution in [0, 0.1) is 10.1 Å². The van der Waals surface area contributed by atoms with E-state index < -0.39 is 29.4 Å². The molecule has 0 bridgehead atoms. The van der Waals surface area contributed by atoms with Gasteiger partial charge in [0.2, 0.25) is 0 Å². The Bertz CT molecular complexity index is 410. The number of alkyl halides is 3. The second-order valence-corrected chi connectivity index (χ2v) is 3.09. The largest absolute Gasteiger partial charge is 0.416 e. The van der Waals surface area contributed by atoms with Crippen LogP contribution in [0.1, 0.15) is 0 Å². The zero-order valence-corrected chi connectivity index (χ0v) is 8.31. The fourth-order valence-electron chi connectivity index (χ4n) is 1.00. The number of anilines is 1. The van der Waals surface area contributed by atoms with E-state index >= 15 is 0 Å². The highest BCUT2D eigenvalue weighted by atomic mass is 19.4. The number of aliphatic hydroxyl groups excluding tert-OH is 1. The van der Waals surface area contributed by atoms with E-state index in [1.165, 1.54) is 6.20 Å². The summed E-state index contributed by atoms with van der Waals surface area (Å²) in [6.45, 7) is -0.867. The molecule has 6 nitrogen and oxygen atoms in total. The van der Waals surface area contributed by atoms with Crippen molar-refractivity contribution in [3.05, 3.63) is 28.6 Å². The molecule has 1 rings (SSSR count). The normalized spacial score (nSPS) is 13.2. The molecule has 0 saturated carbocycles. The summed E-state index contributed by atoms with van der Waals surface area (Å²) >= 11 is 0. The van der Waals surface area contributed by atoms with Gasteiger partial charge in [-0.15, -0.1) is 0 Å². The van der Waals surface area contributed by atoms with Crippen LogP contribution in [0.25, 0.3) is 0 Å². The lowest BCUT2D eigenvalue weighted by Gasteiger charge is -2.15. The topological polar surface area (TPSA) is 88.3 Å². The first-order chi connectivity index (χ1) is 7.82. The predicted octanol–water partition coefficient (Wildman–Crippen LogP) is 1.32. The summed E-state index contributed by atoms with van der Waals surface area (Å²) in [7, 11) is 0. The lowest BCUT2D eigenvalue weighted by molar-refractivity contribution is -0.384. The van der Waals surface area contributed by atoms with E-state index in [4.69, 9.17) is 5.11 Å². The second kappa shape index (κ2) is 4.95. The predicted molar refractivity (Wildman–Crippen MR) is 51.4 cm³/mol. The van der Waals surface area contributed by atoms with Gasteiger partial charge in [-0.2, -0.15) is 13.2 Å². The summed E-state index contributed by atoms with van der Waals surface area (Å²) in [5.41, 5.74) is -0.588. The maximum atomic E-state index is 12.0. The van der Waals surface area contributed by atoms with Gasteiger partial charge in [0.1, 0.15) is 11.9 Å². The number of rotatable bonds is 4. The van der Waals surface area contributed by atoms with Crippen LogP contribution in [0.4, 0.5) is 24.5 Å². The summed E-state index contributed by atoms with van der Waals surface area (Å²) in [4.78, 5) is 13.2. The van der Waals surface area contributed by atoms with Crippen molar-refractivity contribution in [3.8, 4) is 0 Å². The van der Waals surface area contributed by atoms with Crippen molar-refractivity contribution in [2.45, 2.75) is 12.3 Å². The van der Waals surface area contributed by atoms with Crippen LogP contribution in [0.3, 0.4) is 0 Å². The van der Waals surface area contributed by atoms with Crippen molar-refractivity contribution in [2.75, 3.05) is 11.9 Å². The molecular weight excluding hydrogens is 243 g/mol. The Hall–Kier alpha value is -1.90. The van der Waals surface area contributed by atoms with Crippen molar-refractivity contribution in [1.82, 2.24) is 4.98 Å². The zero-order valence-electron chi connectivity index (χ0n) is 8.31. The Morgan fingerprint density at radius 3 is 2.76 bits per heavy atom. The average Bonchev–Trinajstić information content (AvgIpc) is 2.24. The highest BCUT2D eigenvalue weighted by Crippen LogP contribution is 2.24. The van der Waals surface area contributed by atoms with Crippen LogP contribution < -0.4 is 5.32 Å². The van der Waals surface area contributed by atoms with Gasteiger partial charge >= 0.3 is 11.9 Å². The number of aromatic nitrogens is 1. The van der Waals surface area contributed by atoms with Gasteiger partial charge in [0, 0.05) is 12.7 Å². The minimum absolute atomic E-state index is 0.131. The van der Waals surface area contributed by atoms with Crippen LogP contribution in [0.5, 0.6) is 0 Å². The van der Waals surface area contributed by atoms with E-state index in [1.54, 1.807) is 0 Å². The van der Waals surface area contributed by atoms with E-state index in [9.17, 15) is 23.3 Å². The van der Waals surface area contributed by atoms with Gasteiger partial charge in [-0.3, -0.25) is 15.1 Å². The summed E-state index contributed by atoms with van der Waals surface area (Å²) in [6, 6.07) is 1.15. The summed E-state index contributed by atoms with van der Waals surface area (Å²) < 4.78 is 35.9. The number of pyridine rings is 1. The number of halogens is 3. The van der Waals surface area contributed by atoms with Crippen molar-refractivity contribution in [2.24, 2.45) is 0 Å². The van der Waals surface area contributed by atoms with Crippen LogP contribution in [-0.4, -0.2) is 33.8 Å². The number of nitrogens with one attached hydrogen (secondary N) is 1. The molecule has 0 amide bonds. The molecule has 1 aromatic heterocycles. The fourth-order valence-corrected chi connectivity index (χ4v) is 1.00. The summed E-state index contributed by atoms with van der Waals surface area (Å²) in [5.74, 6) is 0. The molecule has 0 aliphatic rings. The molecule has 17 heavy (non-hydrogen) atoms. The molecule has 1 heterocycles. The molecule has 9 heteroatoms. The monoisotopic (exact) mass is 251 g/mol. The fraction of sp³-hybridized carbons (Fsp3) is 0.375. The maximum absolute atomic E-state index is 12.0. The number of nitrogens with zero attached hydrogens (tertiary/aromatic N) is 2. The number of aliphatic hydroxyl groups is 1. The minimum Gasteiger partial charge on any atom is -0.382 e. The molecular formula is C8H8F3N3O3. The molecule has 0 spiro atoms. The molecule has 94 valence electrons. The molecule has 1 unspecified atom stereocenters. The highest BCUT2D eigenvalue weighted by Gasteiger charge is 2.38. The van der Waals surface area contributed by atoms with Gasteiger partial charge in [-0.25, -0.2) is 0 Å². The Morgan fingerprint density at radius 2 is 2.24 bits per heavy atom. The van der Waals surface area contributed by atoms with E-state index in [2.05, 4.69) is 10.3 Å².